The summed E-state index contributed by atoms with van der Waals surface area (Å²) in [7, 11) is 0. The van der Waals surface area contributed by atoms with Gasteiger partial charge in [-0.3, -0.25) is 14.9 Å². The van der Waals surface area contributed by atoms with E-state index < -0.39 is 23.8 Å². The van der Waals surface area contributed by atoms with Crippen LogP contribution in [0.1, 0.15) is 12.5 Å². The number of imide groups is 1. The molecule has 0 aromatic carbocycles. The molecule has 2 amide bonds. The quantitative estimate of drug-likeness (QED) is 0.596. The molecule has 0 aliphatic carbocycles. The molecule has 1 saturated heterocycles. The molecule has 0 bridgehead atoms. The topological polar surface area (TPSA) is 99.6 Å². The Balaban J connectivity index is 2.38. The Kier molecular flexibility index (Phi) is 3.79. The lowest BCUT2D eigenvalue weighted by Gasteiger charge is -2.33. The van der Waals surface area contributed by atoms with Gasteiger partial charge in [-0.05, 0) is 25.1 Å². The number of rotatable bonds is 3. The van der Waals surface area contributed by atoms with E-state index in [2.05, 4.69) is 10.3 Å². The second kappa shape index (κ2) is 5.52. The number of aliphatic carboxylic acids is 1. The van der Waals surface area contributed by atoms with Gasteiger partial charge in [0.1, 0.15) is 11.9 Å². The maximum absolute atomic E-state index is 11.7. The van der Waals surface area contributed by atoms with Gasteiger partial charge in [-0.15, -0.1) is 0 Å². The second-order valence-electron chi connectivity index (χ2n) is 4.30. The van der Waals surface area contributed by atoms with Gasteiger partial charge in [-0.25, -0.2) is 9.78 Å². The molecule has 1 aromatic rings. The first-order chi connectivity index (χ1) is 9.49. The number of carbonyl (C=O) groups is 3. The molecule has 7 nitrogen and oxygen atoms in total. The third kappa shape index (κ3) is 2.82. The number of carboxylic acids is 1. The average Bonchev–Trinajstić information content (AvgIpc) is 2.41. The van der Waals surface area contributed by atoms with Gasteiger partial charge in [0.2, 0.25) is 11.8 Å². The Morgan fingerprint density at radius 3 is 3.00 bits per heavy atom. The molecule has 1 fully saturated rings. The number of piperazine rings is 1. The van der Waals surface area contributed by atoms with Gasteiger partial charge in [0, 0.05) is 17.8 Å². The van der Waals surface area contributed by atoms with E-state index in [0.717, 1.165) is 6.08 Å². The van der Waals surface area contributed by atoms with Crippen molar-refractivity contribution in [2.24, 2.45) is 0 Å². The molecule has 7 heteroatoms. The van der Waals surface area contributed by atoms with E-state index >= 15 is 0 Å². The van der Waals surface area contributed by atoms with E-state index in [1.165, 1.54) is 12.3 Å². The zero-order chi connectivity index (χ0) is 14.7. The fraction of sp³-hybridized carbons (Fsp3) is 0.231. The van der Waals surface area contributed by atoms with E-state index in [-0.39, 0.29) is 6.54 Å². The largest absolute Gasteiger partial charge is 0.478 e. The molecular weight excluding hydrogens is 262 g/mol. The highest BCUT2D eigenvalue weighted by molar-refractivity contribution is 6.04. The fourth-order valence-electron chi connectivity index (χ4n) is 1.91. The van der Waals surface area contributed by atoms with Crippen molar-refractivity contribution in [1.82, 2.24) is 10.3 Å². The van der Waals surface area contributed by atoms with Crippen molar-refractivity contribution in [1.29, 1.82) is 0 Å². The number of aromatic nitrogens is 1. The van der Waals surface area contributed by atoms with Crippen LogP contribution < -0.4 is 10.2 Å². The molecule has 0 radical (unpaired) electrons. The van der Waals surface area contributed by atoms with E-state index in [9.17, 15) is 14.4 Å². The third-order valence-electron chi connectivity index (χ3n) is 2.92. The highest BCUT2D eigenvalue weighted by Crippen LogP contribution is 2.22. The van der Waals surface area contributed by atoms with Crippen molar-refractivity contribution in [2.45, 2.75) is 13.0 Å². The predicted octanol–water partition coefficient (Wildman–Crippen LogP) is 0.0307. The lowest BCUT2D eigenvalue weighted by atomic mass is 10.1. The average molecular weight is 275 g/mol. The van der Waals surface area contributed by atoms with Crippen molar-refractivity contribution < 1.29 is 19.5 Å². The number of amides is 2. The van der Waals surface area contributed by atoms with Crippen molar-refractivity contribution in [2.75, 3.05) is 11.4 Å². The first-order valence-electron chi connectivity index (χ1n) is 5.95. The van der Waals surface area contributed by atoms with Crippen LogP contribution in [0.3, 0.4) is 0 Å². The first-order valence-corrected chi connectivity index (χ1v) is 5.95. The number of hydrogen-bond acceptors (Lipinski definition) is 5. The smallest absolute Gasteiger partial charge is 0.328 e. The molecule has 1 aliphatic heterocycles. The summed E-state index contributed by atoms with van der Waals surface area (Å²) in [6, 6.07) is 2.77. The van der Waals surface area contributed by atoms with Gasteiger partial charge in [0.25, 0.3) is 0 Å². The van der Waals surface area contributed by atoms with Crippen LogP contribution in [-0.2, 0) is 14.4 Å². The molecule has 1 aliphatic rings. The summed E-state index contributed by atoms with van der Waals surface area (Å²) in [5, 5.41) is 10.9. The van der Waals surface area contributed by atoms with Crippen LogP contribution in [0.25, 0.3) is 6.08 Å². The van der Waals surface area contributed by atoms with Crippen LogP contribution in [0.5, 0.6) is 0 Å². The Morgan fingerprint density at radius 2 is 2.30 bits per heavy atom. The van der Waals surface area contributed by atoms with Crippen molar-refractivity contribution in [3.63, 3.8) is 0 Å². The summed E-state index contributed by atoms with van der Waals surface area (Å²) in [5.74, 6) is -1.49. The number of carbonyl (C=O) groups excluding carboxylic acids is 2. The minimum atomic E-state index is -1.08. The van der Waals surface area contributed by atoms with Crippen LogP contribution >= 0.6 is 0 Å². The number of pyridine rings is 1. The minimum Gasteiger partial charge on any atom is -0.478 e. The van der Waals surface area contributed by atoms with Gasteiger partial charge in [0.15, 0.2) is 0 Å². The van der Waals surface area contributed by atoms with Gasteiger partial charge in [-0.1, -0.05) is 0 Å². The summed E-state index contributed by atoms with van der Waals surface area (Å²) in [6.45, 7) is 1.65. The van der Waals surface area contributed by atoms with Gasteiger partial charge in [-0.2, -0.15) is 0 Å². The van der Waals surface area contributed by atoms with E-state index in [0.29, 0.717) is 11.4 Å². The Bertz CT molecular complexity index is 597. The molecule has 0 spiro atoms. The number of nitrogens with one attached hydrogen (secondary N) is 1. The Hall–Kier alpha value is -2.70. The van der Waals surface area contributed by atoms with Gasteiger partial charge >= 0.3 is 5.97 Å². The molecule has 2 rings (SSSR count). The van der Waals surface area contributed by atoms with Crippen LogP contribution in [0, 0.1) is 0 Å². The normalized spacial score (nSPS) is 19.2. The van der Waals surface area contributed by atoms with E-state index in [4.69, 9.17) is 5.11 Å². The number of anilines is 1. The SMILES string of the molecule is CC1C(=O)NC(=O)CN1c1ncccc1/C=C/C(=O)O. The standard InChI is InChI=1S/C13H13N3O4/c1-8-13(20)15-10(17)7-16(8)12-9(3-2-6-14-12)4-5-11(18)19/h2-6,8H,7H2,1H3,(H,18,19)(H,15,17,20)/b5-4+. The predicted molar refractivity (Wildman–Crippen MR) is 70.9 cm³/mol. The monoisotopic (exact) mass is 275 g/mol. The maximum atomic E-state index is 11.7. The molecule has 1 unspecified atom stereocenters. The zero-order valence-corrected chi connectivity index (χ0v) is 10.7. The number of hydrogen-bond donors (Lipinski definition) is 2. The summed E-state index contributed by atoms with van der Waals surface area (Å²) >= 11 is 0. The minimum absolute atomic E-state index is 0.00215. The lowest BCUT2D eigenvalue weighted by Crippen LogP contribution is -2.57. The number of nitrogens with zero attached hydrogens (tertiary/aromatic N) is 2. The van der Waals surface area contributed by atoms with Crippen molar-refractivity contribution in [3.8, 4) is 0 Å². The second-order valence-corrected chi connectivity index (χ2v) is 4.30. The Labute approximate surface area is 114 Å². The molecule has 2 N–H and O–H groups in total. The van der Waals surface area contributed by atoms with Gasteiger partial charge < -0.3 is 10.0 Å². The first kappa shape index (κ1) is 13.7. The Morgan fingerprint density at radius 1 is 1.55 bits per heavy atom. The van der Waals surface area contributed by atoms with E-state index in [1.807, 2.05) is 0 Å². The van der Waals surface area contributed by atoms with Crippen LogP contribution in [0.15, 0.2) is 24.4 Å². The summed E-state index contributed by atoms with van der Waals surface area (Å²) in [6.07, 6.45) is 3.89. The van der Waals surface area contributed by atoms with Gasteiger partial charge in [0.05, 0.1) is 6.54 Å². The lowest BCUT2D eigenvalue weighted by molar-refractivity contribution is -0.133. The maximum Gasteiger partial charge on any atom is 0.328 e. The van der Waals surface area contributed by atoms with E-state index in [1.54, 1.807) is 24.0 Å². The molecular formula is C13H13N3O4. The number of carboxylic acid groups (broad SMARTS) is 1. The molecule has 2 heterocycles. The molecule has 104 valence electrons. The molecule has 1 atom stereocenters. The molecule has 1 aromatic heterocycles. The third-order valence-corrected chi connectivity index (χ3v) is 2.92. The highest BCUT2D eigenvalue weighted by Gasteiger charge is 2.31. The van der Waals surface area contributed by atoms with Crippen molar-refractivity contribution in [3.05, 3.63) is 30.0 Å². The van der Waals surface area contributed by atoms with Crippen LogP contribution in [0.4, 0.5) is 5.82 Å². The summed E-state index contributed by atoms with van der Waals surface area (Å²) in [4.78, 5) is 39.4. The molecule has 0 saturated carbocycles. The molecule has 20 heavy (non-hydrogen) atoms. The van der Waals surface area contributed by atoms with Crippen LogP contribution in [-0.4, -0.2) is 40.5 Å². The highest BCUT2D eigenvalue weighted by atomic mass is 16.4. The zero-order valence-electron chi connectivity index (χ0n) is 10.7. The summed E-state index contributed by atoms with van der Waals surface area (Å²) < 4.78 is 0. The summed E-state index contributed by atoms with van der Waals surface area (Å²) in [5.41, 5.74) is 0.532. The fourth-order valence-corrected chi connectivity index (χ4v) is 1.91. The van der Waals surface area contributed by atoms with Crippen LogP contribution in [0.2, 0.25) is 0 Å². The van der Waals surface area contributed by atoms with Crippen molar-refractivity contribution >= 4 is 29.7 Å².